The van der Waals surface area contributed by atoms with Crippen LogP contribution in [-0.4, -0.2) is 18.7 Å². The zero-order valence-electron chi connectivity index (χ0n) is 18.1. The lowest BCUT2D eigenvalue weighted by molar-refractivity contribution is 0.610. The van der Waals surface area contributed by atoms with Crippen molar-refractivity contribution in [1.29, 1.82) is 0 Å². The fourth-order valence-corrected chi connectivity index (χ4v) is 5.24. The molecule has 3 aromatic heterocycles. The number of rotatable bonds is 4. The Bertz CT molecular complexity index is 1770. The van der Waals surface area contributed by atoms with E-state index in [1.807, 2.05) is 12.4 Å². The molecule has 0 bridgehead atoms. The minimum absolute atomic E-state index is 0.852. The molecule has 0 unspecified atom stereocenters. The molecule has 0 fully saturated rings. The third kappa shape index (κ3) is 2.67. The number of benzene rings is 4. The Labute approximate surface area is 190 Å². The van der Waals surface area contributed by atoms with Crippen LogP contribution in [0.3, 0.4) is 0 Å². The molecule has 7 aromatic rings. The van der Waals surface area contributed by atoms with Crippen LogP contribution in [-0.2, 0) is 13.1 Å². The second kappa shape index (κ2) is 7.10. The Morgan fingerprint density at radius 1 is 0.576 bits per heavy atom. The van der Waals surface area contributed by atoms with Crippen molar-refractivity contribution in [2.24, 2.45) is 0 Å². The van der Waals surface area contributed by atoms with Gasteiger partial charge in [0.25, 0.3) is 0 Å². The maximum atomic E-state index is 4.59. The first-order valence-electron chi connectivity index (χ1n) is 11.4. The van der Waals surface area contributed by atoms with E-state index in [1.165, 1.54) is 44.0 Å². The van der Waals surface area contributed by atoms with Gasteiger partial charge >= 0.3 is 0 Å². The number of hydrogen-bond acceptors (Lipinski definition) is 1. The molecule has 4 heteroatoms. The van der Waals surface area contributed by atoms with Crippen molar-refractivity contribution in [1.82, 2.24) is 18.7 Å². The van der Waals surface area contributed by atoms with Gasteiger partial charge in [0, 0.05) is 34.9 Å². The molecule has 0 atom stereocenters. The number of nitrogens with zero attached hydrogens (tertiary/aromatic N) is 4. The highest BCUT2D eigenvalue weighted by molar-refractivity contribution is 6.21. The summed E-state index contributed by atoms with van der Waals surface area (Å²) < 4.78 is 7.15. The van der Waals surface area contributed by atoms with Gasteiger partial charge in [-0.15, -0.1) is 0 Å². The van der Waals surface area contributed by atoms with E-state index >= 15 is 0 Å². The predicted octanol–water partition coefficient (Wildman–Crippen LogP) is 6.79. The summed E-state index contributed by atoms with van der Waals surface area (Å²) in [4.78, 5) is 4.59. The van der Waals surface area contributed by atoms with Crippen molar-refractivity contribution in [3.63, 3.8) is 0 Å². The smallest absolute Gasteiger partial charge is 0.127 e. The predicted molar refractivity (Wildman–Crippen MR) is 136 cm³/mol. The van der Waals surface area contributed by atoms with Crippen LogP contribution < -0.4 is 0 Å². The molecule has 0 saturated heterocycles. The molecular formula is C29H22N4. The minimum Gasteiger partial charge on any atom is -0.329 e. The van der Waals surface area contributed by atoms with E-state index in [0.717, 1.165) is 18.6 Å². The van der Waals surface area contributed by atoms with Crippen LogP contribution in [0.2, 0.25) is 0 Å². The quantitative estimate of drug-likeness (QED) is 0.304. The zero-order chi connectivity index (χ0) is 21.8. The van der Waals surface area contributed by atoms with Crippen LogP contribution in [0.1, 0.15) is 0 Å². The van der Waals surface area contributed by atoms with Gasteiger partial charge in [0.1, 0.15) is 5.65 Å². The van der Waals surface area contributed by atoms with Gasteiger partial charge in [-0.2, -0.15) is 0 Å². The SMILES string of the molecule is c1ccc(-n2c3ccccc3c3c4ccccc4n(CCn4cnc5ccccc54)c32)cc1. The largest absolute Gasteiger partial charge is 0.329 e. The molecule has 158 valence electrons. The Balaban J connectivity index is 1.51. The molecule has 4 aromatic carbocycles. The Hall–Kier alpha value is -4.31. The lowest BCUT2D eigenvalue weighted by Gasteiger charge is -2.13. The summed E-state index contributed by atoms with van der Waals surface area (Å²) in [5, 5.41) is 3.91. The molecule has 0 aliphatic heterocycles. The van der Waals surface area contributed by atoms with E-state index in [0.29, 0.717) is 0 Å². The van der Waals surface area contributed by atoms with Crippen LogP contribution >= 0.6 is 0 Å². The highest BCUT2D eigenvalue weighted by Crippen LogP contribution is 2.39. The normalized spacial score (nSPS) is 11.9. The van der Waals surface area contributed by atoms with E-state index in [9.17, 15) is 0 Å². The van der Waals surface area contributed by atoms with Crippen LogP contribution in [0.4, 0.5) is 0 Å². The fourth-order valence-electron chi connectivity index (χ4n) is 5.24. The van der Waals surface area contributed by atoms with E-state index in [1.54, 1.807) is 0 Å². The number of imidazole rings is 1. The fraction of sp³-hybridized carbons (Fsp3) is 0.0690. The van der Waals surface area contributed by atoms with Crippen LogP contribution in [0.15, 0.2) is 109 Å². The third-order valence-corrected chi connectivity index (χ3v) is 6.68. The van der Waals surface area contributed by atoms with E-state index in [-0.39, 0.29) is 0 Å². The van der Waals surface area contributed by atoms with E-state index < -0.39 is 0 Å². The first-order chi connectivity index (χ1) is 16.4. The molecule has 3 heterocycles. The van der Waals surface area contributed by atoms with E-state index in [2.05, 4.69) is 116 Å². The van der Waals surface area contributed by atoms with Gasteiger partial charge < -0.3 is 9.13 Å². The molecule has 0 spiro atoms. The molecule has 0 aliphatic carbocycles. The molecule has 4 nitrogen and oxygen atoms in total. The van der Waals surface area contributed by atoms with Gasteiger partial charge in [-0.25, -0.2) is 4.98 Å². The Kier molecular flexibility index (Phi) is 3.94. The highest BCUT2D eigenvalue weighted by Gasteiger charge is 2.20. The van der Waals surface area contributed by atoms with Gasteiger partial charge in [-0.05, 0) is 36.4 Å². The molecule has 0 saturated carbocycles. The standard InChI is InChI=1S/C29H22N4/c1-2-10-21(11-3-1)33-26-16-8-5-13-23(26)28-22-12-4-7-15-25(22)32(29(28)33)19-18-31-20-30-24-14-6-9-17-27(24)31/h1-17,20H,18-19H2. The average Bonchev–Trinajstić information content (AvgIpc) is 3.53. The van der Waals surface area contributed by atoms with Crippen molar-refractivity contribution in [3.05, 3.63) is 109 Å². The van der Waals surface area contributed by atoms with Crippen LogP contribution in [0, 0.1) is 0 Å². The number of aromatic nitrogens is 4. The lowest BCUT2D eigenvalue weighted by Crippen LogP contribution is -2.09. The maximum absolute atomic E-state index is 4.59. The summed E-state index contributed by atoms with van der Waals surface area (Å²) in [5.41, 5.74) is 7.14. The molecule has 0 amide bonds. The van der Waals surface area contributed by atoms with Gasteiger partial charge in [-0.1, -0.05) is 66.7 Å². The first-order valence-corrected chi connectivity index (χ1v) is 11.4. The van der Waals surface area contributed by atoms with Crippen LogP contribution in [0.5, 0.6) is 0 Å². The summed E-state index contributed by atoms with van der Waals surface area (Å²) >= 11 is 0. The molecule has 7 rings (SSSR count). The monoisotopic (exact) mass is 426 g/mol. The summed E-state index contributed by atoms with van der Waals surface area (Å²) in [5.74, 6) is 0. The van der Waals surface area contributed by atoms with Gasteiger partial charge in [-0.3, -0.25) is 4.57 Å². The molecule has 33 heavy (non-hydrogen) atoms. The van der Waals surface area contributed by atoms with Crippen molar-refractivity contribution in [2.45, 2.75) is 13.1 Å². The van der Waals surface area contributed by atoms with Crippen LogP contribution in [0.25, 0.3) is 49.6 Å². The lowest BCUT2D eigenvalue weighted by atomic mass is 10.1. The van der Waals surface area contributed by atoms with Crippen molar-refractivity contribution in [3.8, 4) is 5.69 Å². The maximum Gasteiger partial charge on any atom is 0.127 e. The van der Waals surface area contributed by atoms with Gasteiger partial charge in [0.15, 0.2) is 0 Å². The Morgan fingerprint density at radius 3 is 2.03 bits per heavy atom. The molecular weight excluding hydrogens is 404 g/mol. The highest BCUT2D eigenvalue weighted by atomic mass is 15.2. The molecule has 0 aliphatic rings. The zero-order valence-corrected chi connectivity index (χ0v) is 18.1. The topological polar surface area (TPSA) is 27.7 Å². The average molecular weight is 427 g/mol. The molecule has 0 radical (unpaired) electrons. The summed E-state index contributed by atoms with van der Waals surface area (Å²) in [6.07, 6.45) is 1.96. The van der Waals surface area contributed by atoms with Crippen molar-refractivity contribution < 1.29 is 0 Å². The Morgan fingerprint density at radius 2 is 1.21 bits per heavy atom. The number of hydrogen-bond donors (Lipinski definition) is 0. The summed E-state index contributed by atoms with van der Waals surface area (Å²) in [6.45, 7) is 1.71. The summed E-state index contributed by atoms with van der Waals surface area (Å²) in [6, 6.07) is 36.5. The first kappa shape index (κ1) is 18.3. The number of aryl methyl sites for hydroxylation is 2. The van der Waals surface area contributed by atoms with Gasteiger partial charge in [0.05, 0.1) is 28.4 Å². The van der Waals surface area contributed by atoms with Crippen molar-refractivity contribution in [2.75, 3.05) is 0 Å². The summed E-state index contributed by atoms with van der Waals surface area (Å²) in [7, 11) is 0. The minimum atomic E-state index is 0.852. The van der Waals surface area contributed by atoms with E-state index in [4.69, 9.17) is 0 Å². The molecule has 0 N–H and O–H groups in total. The second-order valence-corrected chi connectivity index (χ2v) is 8.48. The number of para-hydroxylation sites is 5. The van der Waals surface area contributed by atoms with Crippen molar-refractivity contribution >= 4 is 43.9 Å². The van der Waals surface area contributed by atoms with Gasteiger partial charge in [0.2, 0.25) is 0 Å². The second-order valence-electron chi connectivity index (χ2n) is 8.48. The third-order valence-electron chi connectivity index (χ3n) is 6.68. The number of fused-ring (bicyclic) bond motifs is 6.